The Balaban J connectivity index is 2.37. The molecule has 3 N–H and O–H groups in total. The first-order chi connectivity index (χ1) is 8.59. The smallest absolute Gasteiger partial charge is 0.344 e. The van der Waals surface area contributed by atoms with Crippen molar-refractivity contribution in [3.8, 4) is 0 Å². The number of hydrogen-bond acceptors (Lipinski definition) is 3. The van der Waals surface area contributed by atoms with Crippen molar-refractivity contribution < 1.29 is 9.90 Å². The molecule has 7 nitrogen and oxygen atoms in total. The number of aliphatic carboxylic acids is 1. The minimum absolute atomic E-state index is 0.211. The quantitative estimate of drug-likeness (QED) is 0.693. The van der Waals surface area contributed by atoms with Gasteiger partial charge < -0.3 is 5.11 Å². The average Bonchev–Trinajstić information content (AvgIpc) is 2.67. The Morgan fingerprint density at radius 1 is 1.17 bits per heavy atom. The summed E-state index contributed by atoms with van der Waals surface area (Å²) in [6, 6.07) is 8.46. The molecule has 1 unspecified atom stereocenters. The molecule has 1 heterocycles. The third kappa shape index (κ3) is 2.24. The van der Waals surface area contributed by atoms with Crippen LogP contribution in [0.5, 0.6) is 0 Å². The standard InChI is InChI=1S/C11H11N3O4/c15-9(16)8(7-4-2-1-3-5-7)6-14-10(17)12-13-11(14)18/h1-5,8H,6H2,(H,12,17)(H,13,18)(H,15,16). The zero-order chi connectivity index (χ0) is 13.1. The van der Waals surface area contributed by atoms with Gasteiger partial charge in [-0.2, -0.15) is 0 Å². The summed E-state index contributed by atoms with van der Waals surface area (Å²) in [5, 5.41) is 13.4. The molecule has 0 spiro atoms. The molecule has 94 valence electrons. The van der Waals surface area contributed by atoms with Gasteiger partial charge in [0.15, 0.2) is 0 Å². The summed E-state index contributed by atoms with van der Waals surface area (Å²) in [5.41, 5.74) is -0.762. The maximum atomic E-state index is 11.3. The van der Waals surface area contributed by atoms with Crippen LogP contribution >= 0.6 is 0 Å². The van der Waals surface area contributed by atoms with E-state index in [-0.39, 0.29) is 6.54 Å². The van der Waals surface area contributed by atoms with Gasteiger partial charge >= 0.3 is 17.3 Å². The fraction of sp³-hybridized carbons (Fsp3) is 0.182. The van der Waals surface area contributed by atoms with E-state index in [1.165, 1.54) is 0 Å². The molecular weight excluding hydrogens is 238 g/mol. The third-order valence-electron chi connectivity index (χ3n) is 2.63. The molecule has 0 saturated heterocycles. The topological polar surface area (TPSA) is 108 Å². The van der Waals surface area contributed by atoms with Crippen LogP contribution in [0.2, 0.25) is 0 Å². The number of carboxylic acids is 1. The first kappa shape index (κ1) is 11.9. The second kappa shape index (κ2) is 4.74. The Bertz CT molecular complexity index is 625. The summed E-state index contributed by atoms with van der Waals surface area (Å²) in [6.45, 7) is -0.211. The van der Waals surface area contributed by atoms with Crippen molar-refractivity contribution in [1.82, 2.24) is 14.8 Å². The average molecular weight is 249 g/mol. The van der Waals surface area contributed by atoms with Gasteiger partial charge in [0.1, 0.15) is 0 Å². The first-order valence-corrected chi connectivity index (χ1v) is 5.25. The lowest BCUT2D eigenvalue weighted by atomic mass is 9.99. The van der Waals surface area contributed by atoms with Crippen molar-refractivity contribution in [2.45, 2.75) is 12.5 Å². The Morgan fingerprint density at radius 3 is 2.22 bits per heavy atom. The van der Waals surface area contributed by atoms with E-state index >= 15 is 0 Å². The van der Waals surface area contributed by atoms with Crippen molar-refractivity contribution in [1.29, 1.82) is 0 Å². The summed E-state index contributed by atoms with van der Waals surface area (Å²) < 4.78 is 0.825. The fourth-order valence-corrected chi connectivity index (χ4v) is 1.69. The second-order valence-electron chi connectivity index (χ2n) is 3.77. The fourth-order valence-electron chi connectivity index (χ4n) is 1.69. The Kier molecular flexibility index (Phi) is 3.13. The second-order valence-corrected chi connectivity index (χ2v) is 3.77. The van der Waals surface area contributed by atoms with Crippen molar-refractivity contribution in [3.05, 3.63) is 56.9 Å². The van der Waals surface area contributed by atoms with Gasteiger partial charge in [0.2, 0.25) is 0 Å². The highest BCUT2D eigenvalue weighted by Crippen LogP contribution is 2.16. The third-order valence-corrected chi connectivity index (χ3v) is 2.63. The van der Waals surface area contributed by atoms with Gasteiger partial charge in [0, 0.05) is 6.54 Å². The van der Waals surface area contributed by atoms with E-state index in [4.69, 9.17) is 5.11 Å². The lowest BCUT2D eigenvalue weighted by molar-refractivity contribution is -0.139. The van der Waals surface area contributed by atoms with Gasteiger partial charge in [-0.3, -0.25) is 4.79 Å². The van der Waals surface area contributed by atoms with Gasteiger partial charge in [-0.05, 0) is 5.56 Å². The summed E-state index contributed by atoms with van der Waals surface area (Å²) >= 11 is 0. The number of nitrogens with zero attached hydrogens (tertiary/aromatic N) is 1. The van der Waals surface area contributed by atoms with E-state index in [9.17, 15) is 14.4 Å². The lowest BCUT2D eigenvalue weighted by Gasteiger charge is -2.11. The van der Waals surface area contributed by atoms with Gasteiger partial charge in [-0.1, -0.05) is 30.3 Å². The van der Waals surface area contributed by atoms with Gasteiger partial charge in [0.05, 0.1) is 5.92 Å². The van der Waals surface area contributed by atoms with Crippen molar-refractivity contribution in [3.63, 3.8) is 0 Å². The van der Waals surface area contributed by atoms with E-state index in [0.29, 0.717) is 5.56 Å². The van der Waals surface area contributed by atoms with E-state index in [2.05, 4.69) is 10.2 Å². The molecule has 0 aliphatic heterocycles. The number of hydrogen-bond donors (Lipinski definition) is 3. The van der Waals surface area contributed by atoms with Crippen LogP contribution in [-0.4, -0.2) is 25.8 Å². The monoisotopic (exact) mass is 249 g/mol. The predicted molar refractivity (Wildman–Crippen MR) is 62.5 cm³/mol. The van der Waals surface area contributed by atoms with Crippen LogP contribution < -0.4 is 11.4 Å². The molecule has 0 saturated carbocycles. The molecule has 0 bridgehead atoms. The molecule has 7 heteroatoms. The van der Waals surface area contributed by atoms with Crippen LogP contribution in [0.3, 0.4) is 0 Å². The number of H-pyrrole nitrogens is 2. The molecule has 1 atom stereocenters. The largest absolute Gasteiger partial charge is 0.481 e. The number of nitrogens with one attached hydrogen (secondary N) is 2. The number of benzene rings is 1. The molecular formula is C11H11N3O4. The highest BCUT2D eigenvalue weighted by Gasteiger charge is 2.22. The predicted octanol–water partition coefficient (Wildman–Crippen LogP) is -0.267. The number of aromatic amines is 2. The Labute approximate surface area is 101 Å². The number of rotatable bonds is 4. The molecule has 1 aromatic carbocycles. The van der Waals surface area contributed by atoms with Crippen molar-refractivity contribution in [2.24, 2.45) is 0 Å². The Hall–Kier alpha value is -2.57. The molecule has 0 aliphatic carbocycles. The van der Waals surface area contributed by atoms with E-state index in [0.717, 1.165) is 4.57 Å². The van der Waals surface area contributed by atoms with Gasteiger partial charge in [-0.25, -0.2) is 24.4 Å². The molecule has 0 aliphatic rings. The number of carbonyl (C=O) groups is 1. The van der Waals surface area contributed by atoms with E-state index < -0.39 is 23.3 Å². The van der Waals surface area contributed by atoms with Gasteiger partial charge in [-0.15, -0.1) is 0 Å². The molecule has 2 aromatic rings. The van der Waals surface area contributed by atoms with E-state index in [1.807, 2.05) is 0 Å². The maximum Gasteiger partial charge on any atom is 0.344 e. The van der Waals surface area contributed by atoms with Crippen molar-refractivity contribution in [2.75, 3.05) is 0 Å². The molecule has 18 heavy (non-hydrogen) atoms. The molecule has 0 amide bonds. The van der Waals surface area contributed by atoms with Crippen molar-refractivity contribution >= 4 is 5.97 Å². The zero-order valence-electron chi connectivity index (χ0n) is 9.29. The van der Waals surface area contributed by atoms with Crippen LogP contribution in [0.25, 0.3) is 0 Å². The van der Waals surface area contributed by atoms with Gasteiger partial charge in [0.25, 0.3) is 0 Å². The summed E-state index contributed by atoms with van der Waals surface area (Å²) in [6.07, 6.45) is 0. The highest BCUT2D eigenvalue weighted by atomic mass is 16.4. The maximum absolute atomic E-state index is 11.3. The summed E-state index contributed by atoms with van der Waals surface area (Å²) in [7, 11) is 0. The SMILES string of the molecule is O=C(O)C(Cn1c(=O)[nH][nH]c1=O)c1ccccc1. The van der Waals surface area contributed by atoms with Crippen LogP contribution in [0.1, 0.15) is 11.5 Å². The zero-order valence-corrected chi connectivity index (χ0v) is 9.29. The minimum Gasteiger partial charge on any atom is -0.481 e. The number of carboxylic acid groups (broad SMARTS) is 1. The molecule has 1 aromatic heterocycles. The number of aromatic nitrogens is 3. The van der Waals surface area contributed by atoms with Crippen LogP contribution in [0, 0.1) is 0 Å². The molecule has 0 radical (unpaired) electrons. The first-order valence-electron chi connectivity index (χ1n) is 5.25. The summed E-state index contributed by atoms with van der Waals surface area (Å²) in [5.74, 6) is -2.03. The lowest BCUT2D eigenvalue weighted by Crippen LogP contribution is -2.31. The highest BCUT2D eigenvalue weighted by molar-refractivity contribution is 5.75. The molecule has 2 rings (SSSR count). The van der Waals surface area contributed by atoms with E-state index in [1.54, 1.807) is 30.3 Å². The minimum atomic E-state index is -1.09. The van der Waals surface area contributed by atoms with Crippen LogP contribution in [0.4, 0.5) is 0 Å². The van der Waals surface area contributed by atoms with Crippen LogP contribution in [0.15, 0.2) is 39.9 Å². The Morgan fingerprint density at radius 2 is 1.72 bits per heavy atom. The normalized spacial score (nSPS) is 12.2. The van der Waals surface area contributed by atoms with Crippen LogP contribution in [-0.2, 0) is 11.3 Å². The summed E-state index contributed by atoms with van der Waals surface area (Å²) in [4.78, 5) is 33.8. The molecule has 0 fully saturated rings.